The number of thiocarbonyl (C=S) groups is 1. The quantitative estimate of drug-likeness (QED) is 0.309. The van der Waals surface area contributed by atoms with Crippen molar-refractivity contribution in [2.45, 2.75) is 6.92 Å². The molecule has 1 aliphatic rings. The van der Waals surface area contributed by atoms with Crippen molar-refractivity contribution in [2.75, 3.05) is 12.0 Å². The molecule has 0 N–H and O–H groups in total. The minimum absolute atomic E-state index is 0.173. The number of anilines is 1. The number of carbonyl (C=O) groups is 2. The van der Waals surface area contributed by atoms with E-state index in [0.29, 0.717) is 26.3 Å². The predicted molar refractivity (Wildman–Crippen MR) is 122 cm³/mol. The highest BCUT2D eigenvalue weighted by molar-refractivity contribution is 8.27. The molecular formula is C23H17NO4S2. The van der Waals surface area contributed by atoms with Gasteiger partial charge in [-0.05, 0) is 48.9 Å². The smallest absolute Gasteiger partial charge is 0.337 e. The zero-order chi connectivity index (χ0) is 21.3. The summed E-state index contributed by atoms with van der Waals surface area (Å²) < 4.78 is 11.2. The molecule has 1 aliphatic heterocycles. The van der Waals surface area contributed by atoms with Crippen LogP contribution in [0.1, 0.15) is 21.7 Å². The highest BCUT2D eigenvalue weighted by Crippen LogP contribution is 2.36. The number of benzene rings is 2. The van der Waals surface area contributed by atoms with Crippen LogP contribution in [-0.2, 0) is 9.53 Å². The lowest BCUT2D eigenvalue weighted by molar-refractivity contribution is -0.113. The Balaban J connectivity index is 1.59. The third-order valence-corrected chi connectivity index (χ3v) is 5.92. The molecule has 1 amide bonds. The van der Waals surface area contributed by atoms with Crippen LogP contribution in [0.25, 0.3) is 17.4 Å². The average molecular weight is 436 g/mol. The Labute approximate surface area is 183 Å². The molecule has 0 aliphatic carbocycles. The van der Waals surface area contributed by atoms with Gasteiger partial charge in [0.25, 0.3) is 5.91 Å². The Hall–Kier alpha value is -3.16. The summed E-state index contributed by atoms with van der Waals surface area (Å²) in [5, 5.41) is 0. The second-order valence-corrected chi connectivity index (χ2v) is 8.25. The first-order valence-electron chi connectivity index (χ1n) is 9.10. The highest BCUT2D eigenvalue weighted by Gasteiger charge is 2.33. The van der Waals surface area contributed by atoms with E-state index < -0.39 is 0 Å². The van der Waals surface area contributed by atoms with E-state index in [-0.39, 0.29) is 11.9 Å². The number of amides is 1. The number of ether oxygens (including phenoxy) is 1. The third kappa shape index (κ3) is 3.81. The van der Waals surface area contributed by atoms with Gasteiger partial charge in [-0.1, -0.05) is 48.2 Å². The molecule has 5 nitrogen and oxygen atoms in total. The van der Waals surface area contributed by atoms with E-state index >= 15 is 0 Å². The van der Waals surface area contributed by atoms with Crippen molar-refractivity contribution >= 4 is 51.9 Å². The summed E-state index contributed by atoms with van der Waals surface area (Å²) >= 11 is 6.64. The van der Waals surface area contributed by atoms with Crippen LogP contribution in [0.2, 0.25) is 0 Å². The van der Waals surface area contributed by atoms with E-state index in [2.05, 4.69) is 0 Å². The van der Waals surface area contributed by atoms with Crippen molar-refractivity contribution in [3.63, 3.8) is 0 Å². The summed E-state index contributed by atoms with van der Waals surface area (Å²) in [5.74, 6) is 0.640. The van der Waals surface area contributed by atoms with Gasteiger partial charge in [0.05, 0.1) is 23.3 Å². The Kier molecular flexibility index (Phi) is 5.57. The molecule has 1 fully saturated rings. The first-order valence-corrected chi connectivity index (χ1v) is 10.3. The first kappa shape index (κ1) is 20.1. The van der Waals surface area contributed by atoms with Gasteiger partial charge in [-0.2, -0.15) is 0 Å². The molecule has 0 bridgehead atoms. The Morgan fingerprint density at radius 1 is 1.13 bits per heavy atom. The van der Waals surface area contributed by atoms with E-state index in [0.717, 1.165) is 16.8 Å². The van der Waals surface area contributed by atoms with Crippen molar-refractivity contribution in [1.29, 1.82) is 0 Å². The zero-order valence-corrected chi connectivity index (χ0v) is 17.9. The maximum absolute atomic E-state index is 12.8. The standard InChI is InChI=1S/C23H17NO4S2/c1-14-12-15(22(26)27-2)8-10-18(14)19-11-9-17(28-19)13-20-21(25)24(23(29)30-20)16-6-4-3-5-7-16/h3-13H,1-2H3/b20-13+. The Morgan fingerprint density at radius 2 is 1.90 bits per heavy atom. The highest BCUT2D eigenvalue weighted by atomic mass is 32.2. The van der Waals surface area contributed by atoms with Crippen molar-refractivity contribution in [3.8, 4) is 11.3 Å². The lowest BCUT2D eigenvalue weighted by Gasteiger charge is -2.13. The van der Waals surface area contributed by atoms with E-state index in [9.17, 15) is 9.59 Å². The van der Waals surface area contributed by atoms with Crippen molar-refractivity contribution in [3.05, 3.63) is 82.5 Å². The number of carbonyl (C=O) groups excluding carboxylic acids is 2. The third-order valence-electron chi connectivity index (χ3n) is 4.62. The largest absolute Gasteiger partial charge is 0.465 e. The molecule has 0 spiro atoms. The lowest BCUT2D eigenvalue weighted by Crippen LogP contribution is -2.27. The number of aryl methyl sites for hydroxylation is 1. The average Bonchev–Trinajstić information content (AvgIpc) is 3.32. The SMILES string of the molecule is COC(=O)c1ccc(-c2ccc(/C=C3/SC(=S)N(c4ccccc4)C3=O)o2)c(C)c1. The van der Waals surface area contributed by atoms with Gasteiger partial charge in [-0.15, -0.1) is 0 Å². The van der Waals surface area contributed by atoms with Crippen LogP contribution in [0.3, 0.4) is 0 Å². The van der Waals surface area contributed by atoms with Crippen LogP contribution in [0, 0.1) is 6.92 Å². The summed E-state index contributed by atoms with van der Waals surface area (Å²) in [6.07, 6.45) is 1.70. The van der Waals surface area contributed by atoms with Gasteiger partial charge >= 0.3 is 5.97 Å². The molecule has 0 atom stereocenters. The van der Waals surface area contributed by atoms with E-state index in [1.54, 1.807) is 24.3 Å². The maximum Gasteiger partial charge on any atom is 0.337 e. The van der Waals surface area contributed by atoms with Crippen LogP contribution in [0.15, 0.2) is 70.0 Å². The number of methoxy groups -OCH3 is 1. The molecule has 4 rings (SSSR count). The van der Waals surface area contributed by atoms with Crippen LogP contribution in [-0.4, -0.2) is 23.3 Å². The molecule has 1 saturated heterocycles. The molecule has 0 unspecified atom stereocenters. The summed E-state index contributed by atoms with van der Waals surface area (Å²) in [6, 6.07) is 18.2. The number of furan rings is 1. The number of esters is 1. The van der Waals surface area contributed by atoms with Gasteiger partial charge in [0.1, 0.15) is 11.5 Å². The number of para-hydroxylation sites is 1. The number of rotatable bonds is 4. The van der Waals surface area contributed by atoms with E-state index in [1.807, 2.05) is 49.4 Å². The normalized spacial score (nSPS) is 15.1. The summed E-state index contributed by atoms with van der Waals surface area (Å²) in [5.41, 5.74) is 2.97. The Bertz CT molecular complexity index is 1180. The molecule has 7 heteroatoms. The van der Waals surface area contributed by atoms with Gasteiger partial charge in [0.15, 0.2) is 4.32 Å². The number of thioether (sulfide) groups is 1. The molecule has 2 aromatic carbocycles. The monoisotopic (exact) mass is 435 g/mol. The molecule has 150 valence electrons. The molecular weight excluding hydrogens is 418 g/mol. The van der Waals surface area contributed by atoms with E-state index in [4.69, 9.17) is 21.4 Å². The maximum atomic E-state index is 12.8. The first-order chi connectivity index (χ1) is 14.5. The summed E-state index contributed by atoms with van der Waals surface area (Å²) in [6.45, 7) is 1.90. The van der Waals surface area contributed by atoms with Crippen molar-refractivity contribution in [2.24, 2.45) is 0 Å². The molecule has 3 aromatic rings. The van der Waals surface area contributed by atoms with Gasteiger partial charge < -0.3 is 9.15 Å². The molecule has 0 radical (unpaired) electrons. The van der Waals surface area contributed by atoms with Crippen LogP contribution in [0.5, 0.6) is 0 Å². The predicted octanol–water partition coefficient (Wildman–Crippen LogP) is 5.45. The number of hydrogen-bond acceptors (Lipinski definition) is 6. The molecule has 1 aromatic heterocycles. The molecule has 0 saturated carbocycles. The number of hydrogen-bond donors (Lipinski definition) is 0. The van der Waals surface area contributed by atoms with Crippen LogP contribution < -0.4 is 4.90 Å². The number of nitrogens with zero attached hydrogens (tertiary/aromatic N) is 1. The minimum atomic E-state index is -0.384. The topological polar surface area (TPSA) is 59.8 Å². The fraction of sp³-hybridized carbons (Fsp3) is 0.0870. The summed E-state index contributed by atoms with van der Waals surface area (Å²) in [7, 11) is 1.35. The lowest BCUT2D eigenvalue weighted by atomic mass is 10.0. The van der Waals surface area contributed by atoms with Gasteiger partial charge in [0.2, 0.25) is 0 Å². The molecule has 2 heterocycles. The van der Waals surface area contributed by atoms with Gasteiger partial charge in [-0.25, -0.2) is 4.79 Å². The van der Waals surface area contributed by atoms with Crippen molar-refractivity contribution in [1.82, 2.24) is 0 Å². The fourth-order valence-electron chi connectivity index (χ4n) is 3.16. The van der Waals surface area contributed by atoms with Crippen LogP contribution in [0.4, 0.5) is 5.69 Å². The summed E-state index contributed by atoms with van der Waals surface area (Å²) in [4.78, 5) is 26.6. The van der Waals surface area contributed by atoms with E-state index in [1.165, 1.54) is 23.8 Å². The minimum Gasteiger partial charge on any atom is -0.465 e. The van der Waals surface area contributed by atoms with Gasteiger partial charge in [-0.3, -0.25) is 9.69 Å². The van der Waals surface area contributed by atoms with Gasteiger partial charge in [0, 0.05) is 11.6 Å². The zero-order valence-electron chi connectivity index (χ0n) is 16.2. The second kappa shape index (κ2) is 8.30. The van der Waals surface area contributed by atoms with Crippen molar-refractivity contribution < 1.29 is 18.7 Å². The second-order valence-electron chi connectivity index (χ2n) is 6.58. The van der Waals surface area contributed by atoms with Crippen LogP contribution >= 0.6 is 24.0 Å². The fourth-order valence-corrected chi connectivity index (χ4v) is 4.44. The Morgan fingerprint density at radius 3 is 2.60 bits per heavy atom. The molecule has 30 heavy (non-hydrogen) atoms.